The molecule has 0 unspecified atom stereocenters. The monoisotopic (exact) mass is 408 g/mol. The van der Waals surface area contributed by atoms with E-state index in [1.165, 1.54) is 0 Å². The summed E-state index contributed by atoms with van der Waals surface area (Å²) in [5, 5.41) is 10.1. The molecule has 0 aromatic heterocycles. The smallest absolute Gasteiger partial charge is 0.429 e. The highest BCUT2D eigenvalue weighted by atomic mass is 79.9. The van der Waals surface area contributed by atoms with Crippen molar-refractivity contribution in [3.63, 3.8) is 0 Å². The van der Waals surface area contributed by atoms with E-state index in [1.54, 1.807) is 36.4 Å². The van der Waals surface area contributed by atoms with Crippen molar-refractivity contribution in [2.45, 2.75) is 19.0 Å². The second kappa shape index (κ2) is 9.80. The Balaban J connectivity index is 1.97. The summed E-state index contributed by atoms with van der Waals surface area (Å²) in [5.74, 6) is 0. The van der Waals surface area contributed by atoms with Crippen LogP contribution in [0.15, 0.2) is 54.6 Å². The van der Waals surface area contributed by atoms with Crippen LogP contribution in [0.25, 0.3) is 0 Å². The van der Waals surface area contributed by atoms with Crippen LogP contribution in [-0.2, 0) is 25.6 Å². The fourth-order valence-corrected chi connectivity index (χ4v) is 2.40. The van der Waals surface area contributed by atoms with E-state index < -0.39 is 18.5 Å². The van der Waals surface area contributed by atoms with Gasteiger partial charge >= 0.3 is 6.16 Å². The number of hydrogen-bond donors (Lipinski definition) is 1. The quantitative estimate of drug-likeness (QED) is 0.310. The van der Waals surface area contributed by atoms with Crippen LogP contribution in [-0.4, -0.2) is 23.1 Å². The zero-order chi connectivity index (χ0) is 18.1. The number of halogens is 1. The van der Waals surface area contributed by atoms with Crippen molar-refractivity contribution in [3.8, 4) is 0 Å². The van der Waals surface area contributed by atoms with Crippen molar-refractivity contribution in [3.05, 3.63) is 71.3 Å². The lowest BCUT2D eigenvalue weighted by molar-refractivity contribution is -0.157. The summed E-state index contributed by atoms with van der Waals surface area (Å²) in [6, 6.07) is 15.6. The molecule has 6 nitrogen and oxygen atoms in total. The predicted octanol–water partition coefficient (Wildman–Crippen LogP) is 3.64. The van der Waals surface area contributed by atoms with Crippen molar-refractivity contribution in [2.24, 2.45) is 0 Å². The lowest BCUT2D eigenvalue weighted by Gasteiger charge is -2.17. The van der Waals surface area contributed by atoms with E-state index >= 15 is 0 Å². The standard InChI is InChI=1S/C18H17BrO6/c19-10-16(21)14-6-8-15(9-7-14)17(24-12-20)25-18(22)23-11-13-4-2-1-3-5-13/h1-9,12,16-17,21H,10-11H2/t16-,17+/m0/s1. The van der Waals surface area contributed by atoms with E-state index in [4.69, 9.17) is 14.2 Å². The van der Waals surface area contributed by atoms with E-state index in [2.05, 4.69) is 15.9 Å². The third kappa shape index (κ3) is 5.88. The molecule has 0 aliphatic rings. The number of carbonyl (C=O) groups is 2. The van der Waals surface area contributed by atoms with Crippen LogP contribution in [0.3, 0.4) is 0 Å². The molecular formula is C18H17BrO6. The molecule has 2 aromatic carbocycles. The number of alkyl halides is 1. The second-order valence-electron chi connectivity index (χ2n) is 5.04. The van der Waals surface area contributed by atoms with Crippen LogP contribution >= 0.6 is 15.9 Å². The van der Waals surface area contributed by atoms with Gasteiger partial charge in [-0.3, -0.25) is 4.79 Å². The molecule has 0 aliphatic carbocycles. The average Bonchev–Trinajstić information content (AvgIpc) is 2.66. The molecule has 0 spiro atoms. The minimum Gasteiger partial charge on any atom is -0.429 e. The Hall–Kier alpha value is -2.38. The van der Waals surface area contributed by atoms with Crippen LogP contribution in [0.2, 0.25) is 0 Å². The van der Waals surface area contributed by atoms with Gasteiger partial charge in [-0.05, 0) is 11.1 Å². The first-order valence-electron chi connectivity index (χ1n) is 7.44. The average molecular weight is 409 g/mol. The molecule has 0 saturated heterocycles. The highest BCUT2D eigenvalue weighted by Crippen LogP contribution is 2.22. The van der Waals surface area contributed by atoms with Gasteiger partial charge in [0.25, 0.3) is 12.8 Å². The summed E-state index contributed by atoms with van der Waals surface area (Å²) < 4.78 is 14.8. The highest BCUT2D eigenvalue weighted by Gasteiger charge is 2.19. The zero-order valence-corrected chi connectivity index (χ0v) is 14.8. The molecule has 0 fully saturated rings. The van der Waals surface area contributed by atoms with E-state index in [9.17, 15) is 14.7 Å². The number of benzene rings is 2. The molecule has 0 amide bonds. The van der Waals surface area contributed by atoms with Gasteiger partial charge in [0.15, 0.2) is 0 Å². The van der Waals surface area contributed by atoms with Gasteiger partial charge in [0, 0.05) is 10.9 Å². The molecular weight excluding hydrogens is 392 g/mol. The van der Waals surface area contributed by atoms with E-state index in [-0.39, 0.29) is 13.1 Å². The van der Waals surface area contributed by atoms with Crippen molar-refractivity contribution >= 4 is 28.6 Å². The van der Waals surface area contributed by atoms with Gasteiger partial charge in [0.2, 0.25) is 0 Å². The van der Waals surface area contributed by atoms with Gasteiger partial charge < -0.3 is 19.3 Å². The Morgan fingerprint density at radius 1 is 1.08 bits per heavy atom. The van der Waals surface area contributed by atoms with Gasteiger partial charge in [0.05, 0.1) is 6.10 Å². The van der Waals surface area contributed by atoms with Crippen molar-refractivity contribution in [1.82, 2.24) is 0 Å². The summed E-state index contributed by atoms with van der Waals surface area (Å²) in [6.45, 7) is 0.236. The molecule has 0 heterocycles. The number of rotatable bonds is 8. The molecule has 0 radical (unpaired) electrons. The molecule has 25 heavy (non-hydrogen) atoms. The minimum atomic E-state index is -1.23. The molecule has 2 aromatic rings. The first-order chi connectivity index (χ1) is 12.1. The van der Waals surface area contributed by atoms with Gasteiger partial charge in [-0.1, -0.05) is 70.5 Å². The summed E-state index contributed by atoms with van der Waals surface area (Å²) in [7, 11) is 0. The van der Waals surface area contributed by atoms with Gasteiger partial charge in [-0.15, -0.1) is 0 Å². The van der Waals surface area contributed by atoms with E-state index in [0.717, 1.165) is 5.56 Å². The maximum absolute atomic E-state index is 11.8. The number of ether oxygens (including phenoxy) is 3. The lowest BCUT2D eigenvalue weighted by atomic mass is 10.1. The van der Waals surface area contributed by atoms with Gasteiger partial charge in [-0.2, -0.15) is 0 Å². The Morgan fingerprint density at radius 3 is 2.32 bits per heavy atom. The number of aliphatic hydroxyl groups is 1. The summed E-state index contributed by atoms with van der Waals surface area (Å²) in [5.41, 5.74) is 1.92. The maximum Gasteiger partial charge on any atom is 0.511 e. The van der Waals surface area contributed by atoms with Crippen LogP contribution in [0.4, 0.5) is 4.79 Å². The predicted molar refractivity (Wildman–Crippen MR) is 92.8 cm³/mol. The molecule has 7 heteroatoms. The molecule has 2 atom stereocenters. The second-order valence-corrected chi connectivity index (χ2v) is 5.69. The summed E-state index contributed by atoms with van der Waals surface area (Å²) in [4.78, 5) is 22.5. The highest BCUT2D eigenvalue weighted by molar-refractivity contribution is 9.09. The first-order valence-corrected chi connectivity index (χ1v) is 8.56. The normalized spacial score (nSPS) is 12.7. The lowest BCUT2D eigenvalue weighted by Crippen LogP contribution is -2.15. The Morgan fingerprint density at radius 2 is 1.72 bits per heavy atom. The Labute approximate surface area is 153 Å². The maximum atomic E-state index is 11.8. The molecule has 0 bridgehead atoms. The fraction of sp³-hybridized carbons (Fsp3) is 0.222. The molecule has 1 N–H and O–H groups in total. The van der Waals surface area contributed by atoms with Crippen molar-refractivity contribution in [1.29, 1.82) is 0 Å². The van der Waals surface area contributed by atoms with Crippen LogP contribution in [0.5, 0.6) is 0 Å². The summed E-state index contributed by atoms with van der Waals surface area (Å²) >= 11 is 3.19. The van der Waals surface area contributed by atoms with Crippen molar-refractivity contribution in [2.75, 3.05) is 5.33 Å². The molecule has 2 rings (SSSR count). The SMILES string of the molecule is O=CO[C@H](OC(=O)OCc1ccccc1)c1ccc([C@@H](O)CBr)cc1. The van der Waals surface area contributed by atoms with Crippen molar-refractivity contribution < 1.29 is 28.9 Å². The van der Waals surface area contributed by atoms with Crippen LogP contribution in [0, 0.1) is 0 Å². The topological polar surface area (TPSA) is 82.1 Å². The largest absolute Gasteiger partial charge is 0.511 e. The molecule has 0 saturated carbocycles. The molecule has 132 valence electrons. The Kier molecular flexibility index (Phi) is 7.43. The van der Waals surface area contributed by atoms with Crippen LogP contribution in [0.1, 0.15) is 29.1 Å². The minimum absolute atomic E-state index is 0.0455. The third-order valence-corrected chi connectivity index (χ3v) is 3.93. The number of hydrogen-bond acceptors (Lipinski definition) is 6. The van der Waals surface area contributed by atoms with Gasteiger partial charge in [-0.25, -0.2) is 4.79 Å². The fourth-order valence-electron chi connectivity index (χ4n) is 2.03. The van der Waals surface area contributed by atoms with Gasteiger partial charge in [0.1, 0.15) is 6.61 Å². The Bertz CT molecular complexity index is 674. The summed E-state index contributed by atoms with van der Waals surface area (Å²) in [6.07, 6.45) is -2.84. The third-order valence-electron chi connectivity index (χ3n) is 3.32. The van der Waals surface area contributed by atoms with E-state index in [1.807, 2.05) is 18.2 Å². The van der Waals surface area contributed by atoms with E-state index in [0.29, 0.717) is 16.5 Å². The number of carbonyl (C=O) groups excluding carboxylic acids is 2. The first kappa shape index (κ1) is 19.0. The van der Waals surface area contributed by atoms with Crippen LogP contribution < -0.4 is 0 Å². The zero-order valence-electron chi connectivity index (χ0n) is 13.2. The molecule has 0 aliphatic heterocycles. The number of aliphatic hydroxyl groups excluding tert-OH is 1.